The van der Waals surface area contributed by atoms with E-state index in [2.05, 4.69) is 38.7 Å². The molecule has 3 nitrogen and oxygen atoms in total. The Morgan fingerprint density at radius 1 is 1.50 bits per heavy atom. The maximum atomic E-state index is 10.3. The Labute approximate surface area is 79.3 Å². The van der Waals surface area contributed by atoms with Crippen molar-refractivity contribution in [2.24, 2.45) is 5.41 Å². The maximum Gasteiger partial charge on any atom is 0.276 e. The minimum Gasteiger partial charge on any atom is -0.379 e. The second-order valence-electron chi connectivity index (χ2n) is 3.85. The van der Waals surface area contributed by atoms with E-state index in [0.717, 1.165) is 0 Å². The minimum atomic E-state index is -0.311. The van der Waals surface area contributed by atoms with Gasteiger partial charge in [0, 0.05) is 6.54 Å². The quantitative estimate of drug-likeness (QED) is 0.524. The molecule has 0 aliphatic heterocycles. The molecule has 0 radical (unpaired) electrons. The van der Waals surface area contributed by atoms with Gasteiger partial charge in [-0.05, 0) is 5.41 Å². The standard InChI is InChI=1S/C8H17NO2S/c1-8(2,3)6-11-5-4-9-7(10)12/h4-6H2,1-3H3,(H2,9,10,12). The van der Waals surface area contributed by atoms with Gasteiger partial charge in [0.05, 0.1) is 13.2 Å². The van der Waals surface area contributed by atoms with E-state index in [-0.39, 0.29) is 10.7 Å². The van der Waals surface area contributed by atoms with E-state index >= 15 is 0 Å². The Morgan fingerprint density at radius 3 is 2.50 bits per heavy atom. The first-order valence-corrected chi connectivity index (χ1v) is 4.41. The van der Waals surface area contributed by atoms with E-state index in [9.17, 15) is 4.79 Å². The highest BCUT2D eigenvalue weighted by Crippen LogP contribution is 2.12. The zero-order chi connectivity index (χ0) is 9.61. The van der Waals surface area contributed by atoms with Crippen LogP contribution in [-0.2, 0) is 4.74 Å². The summed E-state index contributed by atoms with van der Waals surface area (Å²) in [5.74, 6) is 0. The first kappa shape index (κ1) is 11.8. The second-order valence-corrected chi connectivity index (χ2v) is 4.25. The van der Waals surface area contributed by atoms with Crippen molar-refractivity contribution in [1.29, 1.82) is 0 Å². The Balaban J connectivity index is 3.17. The summed E-state index contributed by atoms with van der Waals surface area (Å²) in [5.41, 5.74) is 0.185. The van der Waals surface area contributed by atoms with Crippen molar-refractivity contribution in [3.05, 3.63) is 0 Å². The van der Waals surface area contributed by atoms with Gasteiger partial charge in [-0.1, -0.05) is 33.4 Å². The van der Waals surface area contributed by atoms with Gasteiger partial charge in [0.2, 0.25) is 0 Å². The Bertz CT molecular complexity index is 142. The first-order valence-electron chi connectivity index (χ1n) is 3.96. The molecule has 4 heteroatoms. The summed E-state index contributed by atoms with van der Waals surface area (Å²) in [4.78, 5) is 10.3. The molecule has 0 aliphatic carbocycles. The van der Waals surface area contributed by atoms with Crippen LogP contribution in [0.1, 0.15) is 20.8 Å². The highest BCUT2D eigenvalue weighted by molar-refractivity contribution is 7.96. The number of rotatable bonds is 4. The lowest BCUT2D eigenvalue weighted by Crippen LogP contribution is -2.24. The molecule has 72 valence electrons. The summed E-state index contributed by atoms with van der Waals surface area (Å²) >= 11 is 3.55. The number of carbonyl (C=O) groups excluding carboxylic acids is 1. The topological polar surface area (TPSA) is 38.3 Å². The smallest absolute Gasteiger partial charge is 0.276 e. The molecule has 0 fully saturated rings. The van der Waals surface area contributed by atoms with Gasteiger partial charge >= 0.3 is 0 Å². The molecule has 0 saturated carbocycles. The number of nitrogens with one attached hydrogen (secondary N) is 1. The Kier molecular flexibility index (Phi) is 5.33. The molecule has 0 bridgehead atoms. The third-order valence-corrected chi connectivity index (χ3v) is 1.22. The molecule has 0 atom stereocenters. The largest absolute Gasteiger partial charge is 0.379 e. The van der Waals surface area contributed by atoms with E-state index in [1.54, 1.807) is 0 Å². The minimum absolute atomic E-state index is 0.185. The molecular formula is C8H17NO2S. The number of hydrogen-bond acceptors (Lipinski definition) is 2. The van der Waals surface area contributed by atoms with Gasteiger partial charge in [-0.15, -0.1) is 0 Å². The van der Waals surface area contributed by atoms with Crippen molar-refractivity contribution in [3.63, 3.8) is 0 Å². The van der Waals surface area contributed by atoms with Crippen LogP contribution < -0.4 is 5.32 Å². The van der Waals surface area contributed by atoms with Gasteiger partial charge in [0.1, 0.15) is 0 Å². The second kappa shape index (κ2) is 5.43. The van der Waals surface area contributed by atoms with Crippen molar-refractivity contribution < 1.29 is 9.53 Å². The zero-order valence-electron chi connectivity index (χ0n) is 7.89. The molecule has 1 amide bonds. The van der Waals surface area contributed by atoms with Gasteiger partial charge in [0.15, 0.2) is 0 Å². The predicted octanol–water partition coefficient (Wildman–Crippen LogP) is 1.69. The Hall–Kier alpha value is -0.220. The molecule has 0 unspecified atom stereocenters. The number of ether oxygens (including phenoxy) is 1. The lowest BCUT2D eigenvalue weighted by atomic mass is 9.99. The van der Waals surface area contributed by atoms with Crippen molar-refractivity contribution in [1.82, 2.24) is 5.32 Å². The van der Waals surface area contributed by atoms with Crippen LogP contribution in [0.4, 0.5) is 4.79 Å². The van der Waals surface area contributed by atoms with Gasteiger partial charge in [-0.3, -0.25) is 4.79 Å². The molecule has 0 aromatic heterocycles. The van der Waals surface area contributed by atoms with E-state index in [1.165, 1.54) is 0 Å². The van der Waals surface area contributed by atoms with Crippen molar-refractivity contribution in [3.8, 4) is 0 Å². The molecule has 1 N–H and O–H groups in total. The lowest BCUT2D eigenvalue weighted by Gasteiger charge is -2.17. The molecule has 0 aromatic rings. The van der Waals surface area contributed by atoms with Crippen LogP contribution in [0, 0.1) is 5.41 Å². The maximum absolute atomic E-state index is 10.3. The van der Waals surface area contributed by atoms with Crippen molar-refractivity contribution >= 4 is 17.9 Å². The molecule has 0 rings (SSSR count). The van der Waals surface area contributed by atoms with E-state index in [0.29, 0.717) is 19.8 Å². The third-order valence-electron chi connectivity index (χ3n) is 1.06. The van der Waals surface area contributed by atoms with E-state index in [1.807, 2.05) is 0 Å². The summed E-state index contributed by atoms with van der Waals surface area (Å²) in [6, 6.07) is 0. The number of thiol groups is 1. The molecule has 12 heavy (non-hydrogen) atoms. The fourth-order valence-electron chi connectivity index (χ4n) is 0.608. The average molecular weight is 191 g/mol. The highest BCUT2D eigenvalue weighted by Gasteiger charge is 2.09. The number of hydrogen-bond donors (Lipinski definition) is 2. The van der Waals surface area contributed by atoms with Gasteiger partial charge < -0.3 is 10.1 Å². The SMILES string of the molecule is CC(C)(C)COCCNC(=O)S. The van der Waals surface area contributed by atoms with Crippen LogP contribution in [0.2, 0.25) is 0 Å². The van der Waals surface area contributed by atoms with Crippen LogP contribution in [-0.4, -0.2) is 25.0 Å². The van der Waals surface area contributed by atoms with Crippen LogP contribution in [0.25, 0.3) is 0 Å². The fraction of sp³-hybridized carbons (Fsp3) is 0.875. The zero-order valence-corrected chi connectivity index (χ0v) is 8.78. The average Bonchev–Trinajstić information content (AvgIpc) is 1.83. The first-order chi connectivity index (χ1) is 5.42. The van der Waals surface area contributed by atoms with Gasteiger partial charge in [-0.25, -0.2) is 0 Å². The van der Waals surface area contributed by atoms with Crippen molar-refractivity contribution in [2.45, 2.75) is 20.8 Å². The molecule has 0 saturated heterocycles. The highest BCUT2D eigenvalue weighted by atomic mass is 32.1. The van der Waals surface area contributed by atoms with Crippen LogP contribution in [0.5, 0.6) is 0 Å². The van der Waals surface area contributed by atoms with Gasteiger partial charge in [0.25, 0.3) is 5.24 Å². The van der Waals surface area contributed by atoms with Crippen molar-refractivity contribution in [2.75, 3.05) is 19.8 Å². The van der Waals surface area contributed by atoms with Crippen LogP contribution >= 0.6 is 12.6 Å². The van der Waals surface area contributed by atoms with Crippen LogP contribution in [0.3, 0.4) is 0 Å². The fourth-order valence-corrected chi connectivity index (χ4v) is 0.720. The van der Waals surface area contributed by atoms with Crippen LogP contribution in [0.15, 0.2) is 0 Å². The molecular weight excluding hydrogens is 174 g/mol. The summed E-state index contributed by atoms with van der Waals surface area (Å²) in [5, 5.41) is 2.22. The lowest BCUT2D eigenvalue weighted by molar-refractivity contribution is 0.0743. The molecule has 0 heterocycles. The monoisotopic (exact) mass is 191 g/mol. The number of amides is 1. The third kappa shape index (κ3) is 9.78. The summed E-state index contributed by atoms with van der Waals surface area (Å²) in [6.07, 6.45) is 0. The summed E-state index contributed by atoms with van der Waals surface area (Å²) in [7, 11) is 0. The normalized spacial score (nSPS) is 11.3. The molecule has 0 spiro atoms. The summed E-state index contributed by atoms with van der Waals surface area (Å²) in [6.45, 7) is 8.08. The predicted molar refractivity (Wildman–Crippen MR) is 52.7 cm³/mol. The number of carbonyl (C=O) groups is 1. The Morgan fingerprint density at radius 2 is 2.08 bits per heavy atom. The summed E-state index contributed by atoms with van der Waals surface area (Å²) < 4.78 is 5.30. The molecule has 0 aliphatic rings. The van der Waals surface area contributed by atoms with E-state index in [4.69, 9.17) is 4.74 Å². The van der Waals surface area contributed by atoms with E-state index < -0.39 is 0 Å². The molecule has 0 aromatic carbocycles. The van der Waals surface area contributed by atoms with Gasteiger partial charge in [-0.2, -0.15) is 0 Å².